The molecule has 0 N–H and O–H groups in total. The van der Waals surface area contributed by atoms with Crippen molar-refractivity contribution in [2.24, 2.45) is 0 Å². The molecule has 0 aliphatic carbocycles. The molecule has 2 aliphatic heterocycles. The van der Waals surface area contributed by atoms with Crippen LogP contribution in [0.25, 0.3) is 11.2 Å². The first kappa shape index (κ1) is 22.7. The molecule has 0 spiro atoms. The minimum Gasteiger partial charge on any atom is -0.487 e. The van der Waals surface area contributed by atoms with Crippen molar-refractivity contribution in [2.75, 3.05) is 49.1 Å². The molecule has 2 aromatic heterocycles. The van der Waals surface area contributed by atoms with E-state index in [0.29, 0.717) is 49.0 Å². The number of piperazine rings is 1. The molecule has 2 aliphatic rings. The number of nitrogens with zero attached hydrogens (tertiary/aromatic N) is 5. The zero-order chi connectivity index (χ0) is 24.4. The number of oxazole rings is 1. The summed E-state index contributed by atoms with van der Waals surface area (Å²) < 4.78 is 11.7. The molecule has 35 heavy (non-hydrogen) atoms. The van der Waals surface area contributed by atoms with E-state index in [2.05, 4.69) is 32.9 Å². The van der Waals surface area contributed by atoms with E-state index >= 15 is 0 Å². The molecule has 1 aromatic carbocycles. The standard InChI is InChI=1S/C27H29N5O3/c1-4-6-22(5-2)34-23-17-32(18-23)21-10-8-20(9-11-21)26(33)30-13-15-31(16-14-30)27-29-25-24(35-27)12-7-19(3)28-25/h4-12,23H,1-2,13-18H2,3H3/b22-6+. The van der Waals surface area contributed by atoms with Crippen molar-refractivity contribution in [3.05, 3.63) is 84.8 Å². The van der Waals surface area contributed by atoms with Crippen LogP contribution in [0.1, 0.15) is 16.1 Å². The van der Waals surface area contributed by atoms with Gasteiger partial charge >= 0.3 is 0 Å². The highest BCUT2D eigenvalue weighted by Gasteiger charge is 2.29. The van der Waals surface area contributed by atoms with Crippen molar-refractivity contribution in [2.45, 2.75) is 13.0 Å². The van der Waals surface area contributed by atoms with Gasteiger partial charge < -0.3 is 23.9 Å². The number of amides is 1. The van der Waals surface area contributed by atoms with Crippen molar-refractivity contribution in [1.82, 2.24) is 14.9 Å². The predicted molar refractivity (Wildman–Crippen MR) is 137 cm³/mol. The number of ether oxygens (including phenoxy) is 1. The zero-order valence-electron chi connectivity index (χ0n) is 19.9. The van der Waals surface area contributed by atoms with Crippen LogP contribution in [0, 0.1) is 6.92 Å². The van der Waals surface area contributed by atoms with Crippen LogP contribution in [0.4, 0.5) is 11.7 Å². The molecule has 0 radical (unpaired) electrons. The summed E-state index contributed by atoms with van der Waals surface area (Å²) in [5.74, 6) is 0.773. The molecular weight excluding hydrogens is 442 g/mol. The highest BCUT2D eigenvalue weighted by atomic mass is 16.5. The number of hydrogen-bond donors (Lipinski definition) is 0. The van der Waals surface area contributed by atoms with Crippen LogP contribution in [0.15, 0.2) is 78.0 Å². The summed E-state index contributed by atoms with van der Waals surface area (Å²) in [5.41, 5.74) is 3.98. The Kier molecular flexibility index (Phi) is 6.27. The molecule has 0 bridgehead atoms. The van der Waals surface area contributed by atoms with Crippen molar-refractivity contribution in [1.29, 1.82) is 0 Å². The fourth-order valence-corrected chi connectivity index (χ4v) is 4.32. The second-order valence-corrected chi connectivity index (χ2v) is 8.75. The second kappa shape index (κ2) is 9.66. The molecule has 8 heteroatoms. The number of rotatable bonds is 7. The van der Waals surface area contributed by atoms with Gasteiger partial charge in [-0.2, -0.15) is 4.98 Å². The summed E-state index contributed by atoms with van der Waals surface area (Å²) in [7, 11) is 0. The van der Waals surface area contributed by atoms with Crippen LogP contribution >= 0.6 is 0 Å². The van der Waals surface area contributed by atoms with E-state index < -0.39 is 0 Å². The highest BCUT2D eigenvalue weighted by molar-refractivity contribution is 5.94. The van der Waals surface area contributed by atoms with E-state index in [4.69, 9.17) is 9.15 Å². The Hall–Kier alpha value is -4.07. The first-order valence-corrected chi connectivity index (χ1v) is 11.8. The summed E-state index contributed by atoms with van der Waals surface area (Å²) in [6, 6.07) is 12.2. The van der Waals surface area contributed by atoms with Crippen LogP contribution in [-0.2, 0) is 4.74 Å². The van der Waals surface area contributed by atoms with Crippen molar-refractivity contribution in [3.63, 3.8) is 0 Å². The molecule has 8 nitrogen and oxygen atoms in total. The lowest BCUT2D eigenvalue weighted by Gasteiger charge is -2.41. The third-order valence-corrected chi connectivity index (χ3v) is 6.33. The maximum absolute atomic E-state index is 13.1. The van der Waals surface area contributed by atoms with E-state index in [1.54, 1.807) is 18.2 Å². The lowest BCUT2D eigenvalue weighted by molar-refractivity contribution is 0.0745. The number of anilines is 2. The Morgan fingerprint density at radius 2 is 1.77 bits per heavy atom. The number of hydrogen-bond acceptors (Lipinski definition) is 7. The van der Waals surface area contributed by atoms with Crippen LogP contribution in [0.3, 0.4) is 0 Å². The Morgan fingerprint density at radius 3 is 2.46 bits per heavy atom. The fraction of sp³-hybridized carbons (Fsp3) is 0.296. The molecule has 4 heterocycles. The van der Waals surface area contributed by atoms with E-state index in [-0.39, 0.29) is 12.0 Å². The van der Waals surface area contributed by atoms with Crippen molar-refractivity contribution in [3.8, 4) is 0 Å². The van der Waals surface area contributed by atoms with Gasteiger partial charge in [-0.25, -0.2) is 4.98 Å². The van der Waals surface area contributed by atoms with Gasteiger partial charge in [0.1, 0.15) is 11.9 Å². The van der Waals surface area contributed by atoms with Crippen LogP contribution < -0.4 is 9.80 Å². The zero-order valence-corrected chi connectivity index (χ0v) is 19.9. The number of aryl methyl sites for hydroxylation is 1. The predicted octanol–water partition coefficient (Wildman–Crippen LogP) is 3.95. The maximum Gasteiger partial charge on any atom is 0.300 e. The monoisotopic (exact) mass is 471 g/mol. The van der Waals surface area contributed by atoms with Gasteiger partial charge in [-0.05, 0) is 55.5 Å². The molecule has 1 amide bonds. The summed E-state index contributed by atoms with van der Waals surface area (Å²) >= 11 is 0. The van der Waals surface area contributed by atoms with Crippen LogP contribution in [-0.4, -0.2) is 66.1 Å². The summed E-state index contributed by atoms with van der Waals surface area (Å²) in [6.07, 6.45) is 5.31. The van der Waals surface area contributed by atoms with Gasteiger partial charge in [-0.15, -0.1) is 0 Å². The van der Waals surface area contributed by atoms with E-state index in [1.165, 1.54) is 0 Å². The second-order valence-electron chi connectivity index (χ2n) is 8.75. The van der Waals surface area contributed by atoms with Crippen molar-refractivity contribution >= 4 is 28.8 Å². The SMILES string of the molecule is C=C/C=C(\C=C)OC1CN(c2ccc(C(=O)N3CCN(c4nc5nc(C)ccc5o4)CC3)cc2)C1. The topological polar surface area (TPSA) is 74.9 Å². The molecule has 0 atom stereocenters. The summed E-state index contributed by atoms with van der Waals surface area (Å²) in [4.78, 5) is 28.2. The Balaban J connectivity index is 1.14. The molecular formula is C27H29N5O3. The van der Waals surface area contributed by atoms with Gasteiger partial charge in [-0.1, -0.05) is 19.2 Å². The first-order chi connectivity index (χ1) is 17.0. The number of carbonyl (C=O) groups is 1. The van der Waals surface area contributed by atoms with Crippen LogP contribution in [0.5, 0.6) is 0 Å². The maximum atomic E-state index is 13.1. The third kappa shape index (κ3) is 4.77. The van der Waals surface area contributed by atoms with E-state index in [1.807, 2.05) is 48.2 Å². The molecule has 0 saturated carbocycles. The molecule has 180 valence electrons. The molecule has 2 fully saturated rings. The molecule has 3 aromatic rings. The molecule has 2 saturated heterocycles. The first-order valence-electron chi connectivity index (χ1n) is 11.8. The number of carbonyl (C=O) groups excluding carboxylic acids is 1. The smallest absolute Gasteiger partial charge is 0.300 e. The molecule has 0 unspecified atom stereocenters. The number of pyridine rings is 1. The van der Waals surface area contributed by atoms with Gasteiger partial charge in [-0.3, -0.25) is 4.79 Å². The normalized spacial score (nSPS) is 16.8. The van der Waals surface area contributed by atoms with Crippen molar-refractivity contribution < 1.29 is 13.9 Å². The van der Waals surface area contributed by atoms with Gasteiger partial charge in [0.2, 0.25) is 5.65 Å². The third-order valence-electron chi connectivity index (χ3n) is 6.33. The number of aromatic nitrogens is 2. The van der Waals surface area contributed by atoms with Gasteiger partial charge in [0.15, 0.2) is 5.58 Å². The Labute approximate surface area is 204 Å². The van der Waals surface area contributed by atoms with E-state index in [9.17, 15) is 4.79 Å². The van der Waals surface area contributed by atoms with Crippen LogP contribution in [0.2, 0.25) is 0 Å². The summed E-state index contributed by atoms with van der Waals surface area (Å²) in [5, 5.41) is 0. The largest absolute Gasteiger partial charge is 0.487 e. The lowest BCUT2D eigenvalue weighted by atomic mass is 10.1. The summed E-state index contributed by atoms with van der Waals surface area (Å²) in [6.45, 7) is 13.5. The number of fused-ring (bicyclic) bond motifs is 1. The minimum atomic E-state index is 0.0427. The van der Waals surface area contributed by atoms with Gasteiger partial charge in [0.05, 0.1) is 13.1 Å². The Morgan fingerprint density at radius 1 is 1.03 bits per heavy atom. The average molecular weight is 472 g/mol. The molecule has 5 rings (SSSR count). The number of benzene rings is 1. The lowest BCUT2D eigenvalue weighted by Crippen LogP contribution is -2.52. The highest BCUT2D eigenvalue weighted by Crippen LogP contribution is 2.26. The minimum absolute atomic E-state index is 0.0427. The van der Waals surface area contributed by atoms with Gasteiger partial charge in [0.25, 0.3) is 11.9 Å². The van der Waals surface area contributed by atoms with E-state index in [0.717, 1.165) is 30.2 Å². The van der Waals surface area contributed by atoms with Gasteiger partial charge in [0, 0.05) is 43.1 Å². The Bertz CT molecular complexity index is 1270. The number of allylic oxidation sites excluding steroid dienone is 3. The quantitative estimate of drug-likeness (QED) is 0.381. The average Bonchev–Trinajstić information content (AvgIpc) is 3.28. The fourth-order valence-electron chi connectivity index (χ4n) is 4.32.